The second-order valence-corrected chi connectivity index (χ2v) is 11.5. The van der Waals surface area contributed by atoms with Gasteiger partial charge in [0.2, 0.25) is 21.8 Å². The van der Waals surface area contributed by atoms with Gasteiger partial charge in [0.25, 0.3) is 0 Å². The molecule has 0 saturated heterocycles. The van der Waals surface area contributed by atoms with E-state index < -0.39 is 28.5 Å². The van der Waals surface area contributed by atoms with Crippen molar-refractivity contribution in [3.8, 4) is 5.75 Å². The van der Waals surface area contributed by atoms with Crippen LogP contribution in [0.15, 0.2) is 78.9 Å². The van der Waals surface area contributed by atoms with Crippen molar-refractivity contribution in [2.24, 2.45) is 0 Å². The first-order valence-electron chi connectivity index (χ1n) is 12.6. The van der Waals surface area contributed by atoms with Crippen molar-refractivity contribution >= 4 is 39.1 Å². The van der Waals surface area contributed by atoms with Crippen molar-refractivity contribution in [3.63, 3.8) is 0 Å². The summed E-state index contributed by atoms with van der Waals surface area (Å²) in [6.07, 6.45) is 1.78. The minimum Gasteiger partial charge on any atom is -0.489 e. The van der Waals surface area contributed by atoms with E-state index in [4.69, 9.17) is 16.3 Å². The number of carbonyl (C=O) groups is 2. The lowest BCUT2D eigenvalue weighted by molar-refractivity contribution is -0.139. The van der Waals surface area contributed by atoms with E-state index in [1.54, 1.807) is 55.5 Å². The van der Waals surface area contributed by atoms with Gasteiger partial charge in [-0.2, -0.15) is 0 Å². The van der Waals surface area contributed by atoms with Gasteiger partial charge in [0.05, 0.1) is 11.9 Å². The van der Waals surface area contributed by atoms with E-state index in [2.05, 4.69) is 5.32 Å². The van der Waals surface area contributed by atoms with Gasteiger partial charge in [-0.05, 0) is 60.9 Å². The summed E-state index contributed by atoms with van der Waals surface area (Å²) < 4.78 is 32.3. The second kappa shape index (κ2) is 14.0. The molecular weight excluding hydrogens is 538 g/mol. The second-order valence-electron chi connectivity index (χ2n) is 9.16. The fraction of sp³-hybridized carbons (Fsp3) is 0.310. The number of sulfonamides is 1. The molecule has 0 aliphatic heterocycles. The van der Waals surface area contributed by atoms with Gasteiger partial charge in [-0.25, -0.2) is 8.42 Å². The highest BCUT2D eigenvalue weighted by molar-refractivity contribution is 7.92. The molecular formula is C29H34ClN3O5S. The Morgan fingerprint density at radius 2 is 1.64 bits per heavy atom. The van der Waals surface area contributed by atoms with Crippen LogP contribution < -0.4 is 14.4 Å². The van der Waals surface area contributed by atoms with Gasteiger partial charge in [-0.15, -0.1) is 0 Å². The van der Waals surface area contributed by atoms with Crippen LogP contribution in [0.3, 0.4) is 0 Å². The third kappa shape index (κ3) is 9.01. The van der Waals surface area contributed by atoms with Crippen molar-refractivity contribution in [1.29, 1.82) is 0 Å². The van der Waals surface area contributed by atoms with Crippen molar-refractivity contribution in [2.75, 3.05) is 23.7 Å². The predicted molar refractivity (Wildman–Crippen MR) is 154 cm³/mol. The van der Waals surface area contributed by atoms with Crippen molar-refractivity contribution in [1.82, 2.24) is 10.2 Å². The number of nitrogens with one attached hydrogen (secondary N) is 1. The Kier molecular flexibility index (Phi) is 10.8. The molecule has 2 amide bonds. The molecule has 1 N–H and O–H groups in total. The van der Waals surface area contributed by atoms with Gasteiger partial charge < -0.3 is 15.0 Å². The summed E-state index contributed by atoms with van der Waals surface area (Å²) in [5.41, 5.74) is 2.03. The molecule has 208 valence electrons. The molecule has 3 aromatic rings. The van der Waals surface area contributed by atoms with Gasteiger partial charge in [0.1, 0.15) is 24.9 Å². The maximum atomic E-state index is 13.6. The molecule has 8 nitrogen and oxygen atoms in total. The first-order valence-corrected chi connectivity index (χ1v) is 14.9. The molecule has 10 heteroatoms. The van der Waals surface area contributed by atoms with Gasteiger partial charge in [0, 0.05) is 18.1 Å². The highest BCUT2D eigenvalue weighted by Crippen LogP contribution is 2.23. The number of ether oxygens (including phenoxy) is 1. The van der Waals surface area contributed by atoms with Crippen LogP contribution in [0, 0.1) is 0 Å². The number of hydrogen-bond donors (Lipinski definition) is 1. The summed E-state index contributed by atoms with van der Waals surface area (Å²) in [7, 11) is -3.83. The molecule has 0 spiro atoms. The largest absolute Gasteiger partial charge is 0.489 e. The van der Waals surface area contributed by atoms with Crippen LogP contribution in [0.1, 0.15) is 31.4 Å². The van der Waals surface area contributed by atoms with E-state index in [-0.39, 0.29) is 12.5 Å². The number of halogens is 1. The Balaban J connectivity index is 1.81. The Hall–Kier alpha value is -3.56. The standard InChI is InChI=1S/C29H34ClN3O5S/c1-4-17-31-29(35)22(2)32(19-24-11-8-12-25(30)18-24)28(34)20-33(39(3,36)37)26-13-15-27(16-14-26)38-21-23-9-6-5-7-10-23/h5-16,18,22H,4,17,19-21H2,1-3H3,(H,31,35). The first-order chi connectivity index (χ1) is 18.6. The highest BCUT2D eigenvalue weighted by Gasteiger charge is 2.30. The van der Waals surface area contributed by atoms with Crippen LogP contribution in [0.4, 0.5) is 5.69 Å². The summed E-state index contributed by atoms with van der Waals surface area (Å²) in [6.45, 7) is 4.00. The topological polar surface area (TPSA) is 96.0 Å². The van der Waals surface area contributed by atoms with E-state index in [1.165, 1.54) is 4.90 Å². The van der Waals surface area contributed by atoms with Gasteiger partial charge >= 0.3 is 0 Å². The van der Waals surface area contributed by atoms with Crippen LogP contribution in [-0.4, -0.2) is 50.5 Å². The van der Waals surface area contributed by atoms with Crippen LogP contribution in [0.2, 0.25) is 5.02 Å². The van der Waals surface area contributed by atoms with E-state index in [0.29, 0.717) is 29.6 Å². The van der Waals surface area contributed by atoms with Crippen LogP contribution in [-0.2, 0) is 32.8 Å². The molecule has 3 aromatic carbocycles. The smallest absolute Gasteiger partial charge is 0.244 e. The Labute approximate surface area is 235 Å². The number of benzene rings is 3. The van der Waals surface area contributed by atoms with Gasteiger partial charge in [-0.3, -0.25) is 13.9 Å². The number of nitrogens with zero attached hydrogens (tertiary/aromatic N) is 2. The van der Waals surface area contributed by atoms with E-state index in [0.717, 1.165) is 28.1 Å². The fourth-order valence-corrected chi connectivity index (χ4v) is 4.94. The molecule has 0 radical (unpaired) electrons. The van der Waals surface area contributed by atoms with Crippen molar-refractivity contribution in [3.05, 3.63) is 95.0 Å². The lowest BCUT2D eigenvalue weighted by Crippen LogP contribution is -2.51. The summed E-state index contributed by atoms with van der Waals surface area (Å²) >= 11 is 6.13. The minimum atomic E-state index is -3.83. The Morgan fingerprint density at radius 1 is 0.974 bits per heavy atom. The van der Waals surface area contributed by atoms with Crippen LogP contribution >= 0.6 is 11.6 Å². The van der Waals surface area contributed by atoms with Gasteiger partial charge in [0.15, 0.2) is 0 Å². The van der Waals surface area contributed by atoms with Crippen LogP contribution in [0.5, 0.6) is 5.75 Å². The predicted octanol–water partition coefficient (Wildman–Crippen LogP) is 4.63. The average Bonchev–Trinajstić information content (AvgIpc) is 2.92. The fourth-order valence-electron chi connectivity index (χ4n) is 3.87. The SMILES string of the molecule is CCCNC(=O)C(C)N(Cc1cccc(Cl)c1)C(=O)CN(c1ccc(OCc2ccccc2)cc1)S(C)(=O)=O. The number of anilines is 1. The van der Waals surface area contributed by atoms with Crippen molar-refractivity contribution in [2.45, 2.75) is 39.5 Å². The van der Waals surface area contributed by atoms with E-state index in [9.17, 15) is 18.0 Å². The van der Waals surface area contributed by atoms with E-state index in [1.807, 2.05) is 37.3 Å². The molecule has 1 unspecified atom stereocenters. The molecule has 39 heavy (non-hydrogen) atoms. The normalized spacial score (nSPS) is 11.9. The molecule has 0 saturated carbocycles. The molecule has 3 rings (SSSR count). The maximum Gasteiger partial charge on any atom is 0.244 e. The number of carbonyl (C=O) groups excluding carboxylic acids is 2. The van der Waals surface area contributed by atoms with Crippen LogP contribution in [0.25, 0.3) is 0 Å². The number of hydrogen-bond acceptors (Lipinski definition) is 5. The Bertz CT molecular complexity index is 1350. The first kappa shape index (κ1) is 30.0. The summed E-state index contributed by atoms with van der Waals surface area (Å²) in [6, 6.07) is 22.3. The zero-order valence-corrected chi connectivity index (χ0v) is 23.9. The zero-order chi connectivity index (χ0) is 28.4. The minimum absolute atomic E-state index is 0.0873. The lowest BCUT2D eigenvalue weighted by atomic mass is 10.1. The number of amides is 2. The molecule has 0 fully saturated rings. The molecule has 0 aliphatic carbocycles. The van der Waals surface area contributed by atoms with Crippen molar-refractivity contribution < 1.29 is 22.7 Å². The maximum absolute atomic E-state index is 13.6. The quantitative estimate of drug-likeness (QED) is 0.323. The highest BCUT2D eigenvalue weighted by atomic mass is 35.5. The average molecular weight is 572 g/mol. The molecule has 1 atom stereocenters. The molecule has 0 bridgehead atoms. The summed E-state index contributed by atoms with van der Waals surface area (Å²) in [4.78, 5) is 27.7. The molecule has 0 aliphatic rings. The lowest BCUT2D eigenvalue weighted by Gasteiger charge is -2.31. The summed E-state index contributed by atoms with van der Waals surface area (Å²) in [5.74, 6) is -0.284. The number of rotatable bonds is 13. The molecule has 0 aromatic heterocycles. The van der Waals surface area contributed by atoms with Gasteiger partial charge in [-0.1, -0.05) is 61.0 Å². The summed E-state index contributed by atoms with van der Waals surface area (Å²) in [5, 5.41) is 3.30. The molecule has 0 heterocycles. The van der Waals surface area contributed by atoms with E-state index >= 15 is 0 Å². The monoisotopic (exact) mass is 571 g/mol. The third-order valence-electron chi connectivity index (χ3n) is 6.01. The Morgan fingerprint density at radius 3 is 2.26 bits per heavy atom. The third-order valence-corrected chi connectivity index (χ3v) is 7.39. The zero-order valence-electron chi connectivity index (χ0n) is 22.3.